The van der Waals surface area contributed by atoms with Crippen molar-refractivity contribution in [3.63, 3.8) is 0 Å². The monoisotopic (exact) mass is 162 g/mol. The van der Waals surface area contributed by atoms with Gasteiger partial charge in [-0.1, -0.05) is 6.07 Å². The maximum Gasteiger partial charge on any atom is 0.0352 e. The fraction of sp³-hybridized carbons (Fsp3) is 0.400. The van der Waals surface area contributed by atoms with E-state index in [2.05, 4.69) is 13.0 Å². The van der Waals surface area contributed by atoms with Crippen LogP contribution in [0.15, 0.2) is 12.1 Å². The molecule has 1 aromatic carbocycles. The van der Waals surface area contributed by atoms with Gasteiger partial charge in [-0.15, -0.1) is 0 Å². The van der Waals surface area contributed by atoms with Gasteiger partial charge in [0, 0.05) is 11.7 Å². The van der Waals surface area contributed by atoms with Crippen LogP contribution >= 0.6 is 0 Å². The molecule has 0 bridgehead atoms. The van der Waals surface area contributed by atoms with E-state index in [0.717, 1.165) is 18.5 Å². The lowest BCUT2D eigenvalue weighted by molar-refractivity contribution is 0.713. The molecule has 2 heteroatoms. The number of aryl methyl sites for hydroxylation is 1. The number of nitrogens with two attached hydrogens (primary N) is 2. The van der Waals surface area contributed by atoms with E-state index in [1.54, 1.807) is 0 Å². The number of rotatable bonds is 0. The van der Waals surface area contributed by atoms with E-state index >= 15 is 0 Å². The predicted octanol–water partition coefficient (Wildman–Crippen LogP) is 1.52. The molecule has 0 heterocycles. The third-order valence-corrected chi connectivity index (χ3v) is 2.57. The fourth-order valence-corrected chi connectivity index (χ4v) is 1.95. The Bertz CT molecular complexity index is 318. The number of hydrogen-bond acceptors (Lipinski definition) is 2. The summed E-state index contributed by atoms with van der Waals surface area (Å²) in [6.07, 6.45) is 2.09. The normalized spacial score (nSPS) is 21.0. The highest BCUT2D eigenvalue weighted by Gasteiger charge is 2.20. The van der Waals surface area contributed by atoms with Gasteiger partial charge in [0.25, 0.3) is 0 Å². The predicted molar refractivity (Wildman–Crippen MR) is 50.8 cm³/mol. The third-order valence-electron chi connectivity index (χ3n) is 2.57. The molecule has 0 aromatic heterocycles. The Hall–Kier alpha value is -1.02. The van der Waals surface area contributed by atoms with Crippen molar-refractivity contribution in [2.45, 2.75) is 25.8 Å². The molecule has 12 heavy (non-hydrogen) atoms. The minimum atomic E-state index is 0.210. The summed E-state index contributed by atoms with van der Waals surface area (Å²) >= 11 is 0. The van der Waals surface area contributed by atoms with Crippen molar-refractivity contribution < 1.29 is 0 Å². The number of anilines is 1. The van der Waals surface area contributed by atoms with Crippen LogP contribution in [-0.2, 0) is 6.42 Å². The van der Waals surface area contributed by atoms with E-state index in [4.69, 9.17) is 11.5 Å². The second-order valence-corrected chi connectivity index (χ2v) is 3.57. The smallest absolute Gasteiger partial charge is 0.0352 e. The maximum absolute atomic E-state index is 5.93. The van der Waals surface area contributed by atoms with Crippen LogP contribution in [0, 0.1) is 6.92 Å². The quantitative estimate of drug-likeness (QED) is 0.568. The highest BCUT2D eigenvalue weighted by atomic mass is 14.7. The van der Waals surface area contributed by atoms with Crippen molar-refractivity contribution in [1.29, 1.82) is 0 Å². The molecule has 0 aliphatic heterocycles. The Kier molecular flexibility index (Phi) is 1.58. The Balaban J connectivity index is 2.60. The molecule has 4 N–H and O–H groups in total. The van der Waals surface area contributed by atoms with Crippen LogP contribution in [0.4, 0.5) is 5.69 Å². The SMILES string of the molecule is Cc1cc(N)c2c(c1)C(N)CC2. The van der Waals surface area contributed by atoms with Crippen LogP contribution in [0.5, 0.6) is 0 Å². The lowest BCUT2D eigenvalue weighted by Crippen LogP contribution is -2.05. The molecule has 0 fully saturated rings. The number of nitrogen functional groups attached to an aromatic ring is 1. The van der Waals surface area contributed by atoms with Crippen LogP contribution in [0.2, 0.25) is 0 Å². The zero-order valence-electron chi connectivity index (χ0n) is 7.30. The Labute approximate surface area is 72.6 Å². The van der Waals surface area contributed by atoms with E-state index in [0.29, 0.717) is 0 Å². The standard InChI is InChI=1S/C10H14N2/c1-6-4-8-7(10(12)5-6)2-3-9(8)11/h4-5,9H,2-3,11-12H2,1H3. The van der Waals surface area contributed by atoms with Crippen molar-refractivity contribution in [3.05, 3.63) is 28.8 Å². The van der Waals surface area contributed by atoms with Crippen molar-refractivity contribution in [2.75, 3.05) is 5.73 Å². The second kappa shape index (κ2) is 2.49. The fourth-order valence-electron chi connectivity index (χ4n) is 1.95. The largest absolute Gasteiger partial charge is 0.398 e. The molecular formula is C10H14N2. The highest BCUT2D eigenvalue weighted by molar-refractivity contribution is 5.56. The zero-order chi connectivity index (χ0) is 8.72. The summed E-state index contributed by atoms with van der Waals surface area (Å²) in [7, 11) is 0. The van der Waals surface area contributed by atoms with Crippen LogP contribution in [0.25, 0.3) is 0 Å². The Morgan fingerprint density at radius 1 is 1.42 bits per heavy atom. The molecular weight excluding hydrogens is 148 g/mol. The summed E-state index contributed by atoms with van der Waals surface area (Å²) in [6.45, 7) is 2.06. The minimum absolute atomic E-state index is 0.210. The van der Waals surface area contributed by atoms with Gasteiger partial charge in [0.1, 0.15) is 0 Å². The van der Waals surface area contributed by atoms with Gasteiger partial charge in [0.2, 0.25) is 0 Å². The summed E-state index contributed by atoms with van der Waals surface area (Å²) in [4.78, 5) is 0. The molecule has 64 valence electrons. The Morgan fingerprint density at radius 2 is 2.17 bits per heavy atom. The van der Waals surface area contributed by atoms with Gasteiger partial charge in [-0.05, 0) is 42.5 Å². The molecule has 0 spiro atoms. The van der Waals surface area contributed by atoms with E-state index in [1.807, 2.05) is 6.07 Å². The Morgan fingerprint density at radius 3 is 2.92 bits per heavy atom. The van der Waals surface area contributed by atoms with E-state index < -0.39 is 0 Å². The van der Waals surface area contributed by atoms with Crippen LogP contribution < -0.4 is 11.5 Å². The van der Waals surface area contributed by atoms with E-state index in [1.165, 1.54) is 16.7 Å². The van der Waals surface area contributed by atoms with Gasteiger partial charge in [-0.2, -0.15) is 0 Å². The molecule has 1 aliphatic rings. The van der Waals surface area contributed by atoms with Gasteiger partial charge in [-0.25, -0.2) is 0 Å². The van der Waals surface area contributed by atoms with E-state index in [-0.39, 0.29) is 6.04 Å². The first-order valence-corrected chi connectivity index (χ1v) is 4.33. The van der Waals surface area contributed by atoms with Gasteiger partial charge >= 0.3 is 0 Å². The summed E-state index contributed by atoms with van der Waals surface area (Å²) in [5.41, 5.74) is 16.5. The van der Waals surface area contributed by atoms with Gasteiger partial charge in [-0.3, -0.25) is 0 Å². The maximum atomic E-state index is 5.93. The molecule has 1 unspecified atom stereocenters. The van der Waals surface area contributed by atoms with Gasteiger partial charge in [0.05, 0.1) is 0 Å². The second-order valence-electron chi connectivity index (χ2n) is 3.57. The summed E-state index contributed by atoms with van der Waals surface area (Å²) in [5, 5.41) is 0. The van der Waals surface area contributed by atoms with E-state index in [9.17, 15) is 0 Å². The highest BCUT2D eigenvalue weighted by Crippen LogP contribution is 2.33. The first-order valence-electron chi connectivity index (χ1n) is 4.33. The van der Waals surface area contributed by atoms with Crippen LogP contribution in [0.1, 0.15) is 29.2 Å². The third kappa shape index (κ3) is 0.994. The topological polar surface area (TPSA) is 52.0 Å². The molecule has 1 aromatic rings. The van der Waals surface area contributed by atoms with Crippen LogP contribution in [-0.4, -0.2) is 0 Å². The molecule has 2 rings (SSSR count). The van der Waals surface area contributed by atoms with Crippen LogP contribution in [0.3, 0.4) is 0 Å². The zero-order valence-corrected chi connectivity index (χ0v) is 7.30. The molecule has 0 saturated heterocycles. The first kappa shape index (κ1) is 7.62. The van der Waals surface area contributed by atoms with Crippen molar-refractivity contribution in [1.82, 2.24) is 0 Å². The molecule has 0 saturated carbocycles. The summed E-state index contributed by atoms with van der Waals surface area (Å²) in [5.74, 6) is 0. The molecule has 1 aliphatic carbocycles. The van der Waals surface area contributed by atoms with Crippen molar-refractivity contribution in [2.24, 2.45) is 5.73 Å². The number of benzene rings is 1. The van der Waals surface area contributed by atoms with Gasteiger partial charge < -0.3 is 11.5 Å². The average molecular weight is 162 g/mol. The summed E-state index contributed by atoms with van der Waals surface area (Å²) in [6, 6.07) is 4.39. The number of hydrogen-bond donors (Lipinski definition) is 2. The molecule has 1 atom stereocenters. The minimum Gasteiger partial charge on any atom is -0.398 e. The first-order chi connectivity index (χ1) is 5.68. The lowest BCUT2D eigenvalue weighted by atomic mass is 10.0. The average Bonchev–Trinajstić information content (AvgIpc) is 2.33. The number of fused-ring (bicyclic) bond motifs is 1. The van der Waals surface area contributed by atoms with Gasteiger partial charge in [0.15, 0.2) is 0 Å². The van der Waals surface area contributed by atoms with Crippen molar-refractivity contribution >= 4 is 5.69 Å². The molecule has 0 radical (unpaired) electrons. The molecule has 2 nitrogen and oxygen atoms in total. The molecule has 0 amide bonds. The summed E-state index contributed by atoms with van der Waals surface area (Å²) < 4.78 is 0. The lowest BCUT2D eigenvalue weighted by Gasteiger charge is -2.07. The van der Waals surface area contributed by atoms with Crippen molar-refractivity contribution in [3.8, 4) is 0 Å².